The Morgan fingerprint density at radius 3 is 2.52 bits per heavy atom. The van der Waals surface area contributed by atoms with Crippen molar-refractivity contribution in [1.29, 1.82) is 0 Å². The molecule has 3 aromatic heterocycles. The van der Waals surface area contributed by atoms with E-state index < -0.39 is 0 Å². The van der Waals surface area contributed by atoms with E-state index in [-0.39, 0.29) is 0 Å². The monoisotopic (exact) mass is 428 g/mol. The van der Waals surface area contributed by atoms with Crippen molar-refractivity contribution in [2.75, 3.05) is 0 Å². The summed E-state index contributed by atoms with van der Waals surface area (Å²) in [4.78, 5) is 4.99. The van der Waals surface area contributed by atoms with Gasteiger partial charge in [0.2, 0.25) is 0 Å². The van der Waals surface area contributed by atoms with Crippen LogP contribution in [0.15, 0.2) is 48.7 Å². The normalized spacial score (nSPS) is 22.8. The number of pyridine rings is 2. The van der Waals surface area contributed by atoms with E-state index in [2.05, 4.69) is 67.6 Å². The van der Waals surface area contributed by atoms with E-state index >= 15 is 0 Å². The van der Waals surface area contributed by atoms with Crippen LogP contribution in [-0.4, -0.2) is 9.38 Å². The minimum atomic E-state index is 0.699. The minimum absolute atomic E-state index is 0.699. The number of hydrogen-bond donors (Lipinski definition) is 0. The van der Waals surface area contributed by atoms with E-state index in [4.69, 9.17) is 4.98 Å². The van der Waals surface area contributed by atoms with Gasteiger partial charge in [-0.05, 0) is 98.1 Å². The van der Waals surface area contributed by atoms with Crippen molar-refractivity contribution in [3.63, 3.8) is 0 Å². The van der Waals surface area contributed by atoms with Gasteiger partial charge in [0.15, 0.2) is 0 Å². The average Bonchev–Trinajstić information content (AvgIpc) is 3.52. The van der Waals surface area contributed by atoms with Crippen LogP contribution in [-0.2, 0) is 0 Å². The number of aryl methyl sites for hydroxylation is 3. The zero-order chi connectivity index (χ0) is 22.0. The number of fused-ring (bicyclic) bond motifs is 8. The van der Waals surface area contributed by atoms with E-state index in [9.17, 15) is 0 Å². The maximum absolute atomic E-state index is 4.99. The lowest BCUT2D eigenvalue weighted by Gasteiger charge is -2.24. The summed E-state index contributed by atoms with van der Waals surface area (Å²) < 4.78 is 2.61. The SMILES string of the molecule is Cc1cc(C)c2c(c1)c1nccc3cc(C4CC5CCC4C5)c4c5cccc(C)c5n2c4c31. The summed E-state index contributed by atoms with van der Waals surface area (Å²) in [5.41, 5.74) is 10.9. The topological polar surface area (TPSA) is 17.3 Å². The van der Waals surface area contributed by atoms with Crippen molar-refractivity contribution in [2.24, 2.45) is 11.8 Å². The molecule has 162 valence electrons. The zero-order valence-corrected chi connectivity index (χ0v) is 19.6. The van der Waals surface area contributed by atoms with Crippen molar-refractivity contribution >= 4 is 49.0 Å². The van der Waals surface area contributed by atoms with Gasteiger partial charge in [-0.25, -0.2) is 0 Å². The first kappa shape index (κ1) is 18.3. The van der Waals surface area contributed by atoms with Crippen molar-refractivity contribution in [3.05, 3.63) is 70.9 Å². The predicted molar refractivity (Wildman–Crippen MR) is 139 cm³/mol. The first-order valence-electron chi connectivity index (χ1n) is 12.6. The molecule has 2 fully saturated rings. The molecule has 6 aromatic rings. The highest BCUT2D eigenvalue weighted by Crippen LogP contribution is 2.56. The fourth-order valence-electron chi connectivity index (χ4n) is 7.91. The first-order chi connectivity index (χ1) is 16.1. The molecule has 8 rings (SSSR count). The Morgan fingerprint density at radius 2 is 1.70 bits per heavy atom. The highest BCUT2D eigenvalue weighted by Gasteiger charge is 2.41. The molecular weight excluding hydrogens is 400 g/mol. The van der Waals surface area contributed by atoms with Crippen LogP contribution in [0.1, 0.15) is 53.9 Å². The molecule has 0 spiro atoms. The summed E-state index contributed by atoms with van der Waals surface area (Å²) >= 11 is 0. The second-order valence-corrected chi connectivity index (χ2v) is 11.0. The summed E-state index contributed by atoms with van der Waals surface area (Å²) in [6.07, 6.45) is 7.69. The molecule has 2 nitrogen and oxygen atoms in total. The van der Waals surface area contributed by atoms with Gasteiger partial charge in [0.05, 0.1) is 22.1 Å². The summed E-state index contributed by atoms with van der Waals surface area (Å²) in [5, 5.41) is 6.90. The molecule has 0 saturated heterocycles. The molecule has 2 aliphatic carbocycles. The molecule has 0 aliphatic heterocycles. The molecule has 3 heterocycles. The molecule has 0 amide bonds. The Bertz CT molecular complexity index is 1770. The van der Waals surface area contributed by atoms with Gasteiger partial charge in [-0.2, -0.15) is 0 Å². The number of para-hydroxylation sites is 1. The van der Waals surface area contributed by atoms with E-state index in [1.165, 1.54) is 85.9 Å². The molecule has 2 heteroatoms. The lowest BCUT2D eigenvalue weighted by atomic mass is 9.80. The van der Waals surface area contributed by atoms with Crippen molar-refractivity contribution in [1.82, 2.24) is 9.38 Å². The Balaban J connectivity index is 1.70. The van der Waals surface area contributed by atoms with Gasteiger partial charge in [-0.15, -0.1) is 0 Å². The highest BCUT2D eigenvalue weighted by molar-refractivity contribution is 6.29. The van der Waals surface area contributed by atoms with Crippen LogP contribution in [0, 0.1) is 32.6 Å². The van der Waals surface area contributed by atoms with Crippen molar-refractivity contribution in [3.8, 4) is 0 Å². The van der Waals surface area contributed by atoms with E-state index in [0.717, 1.165) is 17.4 Å². The average molecular weight is 429 g/mol. The molecule has 33 heavy (non-hydrogen) atoms. The van der Waals surface area contributed by atoms with E-state index in [0.29, 0.717) is 5.92 Å². The summed E-state index contributed by atoms with van der Waals surface area (Å²) in [5.74, 6) is 2.50. The number of rotatable bonds is 1. The third-order valence-corrected chi connectivity index (χ3v) is 9.07. The van der Waals surface area contributed by atoms with Crippen LogP contribution in [0.2, 0.25) is 0 Å². The van der Waals surface area contributed by atoms with Crippen LogP contribution >= 0.6 is 0 Å². The van der Waals surface area contributed by atoms with Crippen LogP contribution in [0.25, 0.3) is 49.0 Å². The van der Waals surface area contributed by atoms with Crippen LogP contribution in [0.5, 0.6) is 0 Å². The molecule has 3 unspecified atom stereocenters. The summed E-state index contributed by atoms with van der Waals surface area (Å²) in [6, 6.07) is 16.4. The standard InChI is InChI=1S/C31H28N2/c1-16-11-18(3)30-25(12-16)28-26-21(9-10-32-28)15-24(23-14-19-7-8-20(23)13-19)27-22-6-4-5-17(2)29(22)33(30)31(26)27/h4-6,9-12,15,19-20,23H,7-8,13-14H2,1-3H3. The van der Waals surface area contributed by atoms with Crippen molar-refractivity contribution < 1.29 is 0 Å². The molecule has 0 N–H and O–H groups in total. The Labute approximate surface area is 193 Å². The fraction of sp³-hybridized carbons (Fsp3) is 0.323. The largest absolute Gasteiger partial charge is 0.307 e. The van der Waals surface area contributed by atoms with E-state index in [1.807, 2.05) is 6.20 Å². The quantitative estimate of drug-likeness (QED) is 0.190. The molecule has 3 aromatic carbocycles. The lowest BCUT2D eigenvalue weighted by molar-refractivity contribution is 0.422. The van der Waals surface area contributed by atoms with Gasteiger partial charge in [-0.3, -0.25) is 4.98 Å². The van der Waals surface area contributed by atoms with Gasteiger partial charge in [0, 0.05) is 27.7 Å². The highest BCUT2D eigenvalue weighted by atomic mass is 14.9. The van der Waals surface area contributed by atoms with Gasteiger partial charge in [0.25, 0.3) is 0 Å². The molecule has 2 saturated carbocycles. The Hall–Kier alpha value is -3.13. The number of benzene rings is 3. The summed E-state index contributed by atoms with van der Waals surface area (Å²) in [7, 11) is 0. The zero-order valence-electron chi connectivity index (χ0n) is 19.6. The second kappa shape index (κ2) is 6.05. The number of hydrogen-bond acceptors (Lipinski definition) is 1. The van der Waals surface area contributed by atoms with Gasteiger partial charge >= 0.3 is 0 Å². The number of aromatic nitrogens is 2. The minimum Gasteiger partial charge on any atom is -0.307 e. The fourth-order valence-corrected chi connectivity index (χ4v) is 7.91. The molecule has 2 aliphatic rings. The van der Waals surface area contributed by atoms with Crippen LogP contribution < -0.4 is 0 Å². The Kier molecular flexibility index (Phi) is 3.36. The molecule has 3 atom stereocenters. The van der Waals surface area contributed by atoms with E-state index in [1.54, 1.807) is 5.56 Å². The summed E-state index contributed by atoms with van der Waals surface area (Å²) in [6.45, 7) is 6.75. The second-order valence-electron chi connectivity index (χ2n) is 11.0. The maximum Gasteiger partial charge on any atom is 0.0822 e. The van der Waals surface area contributed by atoms with Gasteiger partial charge in [-0.1, -0.05) is 36.2 Å². The molecule has 2 bridgehead atoms. The number of nitrogens with zero attached hydrogens (tertiary/aromatic N) is 2. The lowest BCUT2D eigenvalue weighted by Crippen LogP contribution is -2.09. The molecule has 0 radical (unpaired) electrons. The smallest absolute Gasteiger partial charge is 0.0822 e. The predicted octanol–water partition coefficient (Wildman–Crippen LogP) is 8.21. The third-order valence-electron chi connectivity index (χ3n) is 9.07. The third kappa shape index (κ3) is 2.18. The maximum atomic E-state index is 4.99. The van der Waals surface area contributed by atoms with Gasteiger partial charge < -0.3 is 4.40 Å². The van der Waals surface area contributed by atoms with Crippen molar-refractivity contribution in [2.45, 2.75) is 52.4 Å². The molecular formula is C31H28N2. The first-order valence-corrected chi connectivity index (χ1v) is 12.6. The van der Waals surface area contributed by atoms with Gasteiger partial charge in [0.1, 0.15) is 0 Å². The Morgan fingerprint density at radius 1 is 0.818 bits per heavy atom. The van der Waals surface area contributed by atoms with Crippen LogP contribution in [0.3, 0.4) is 0 Å². The van der Waals surface area contributed by atoms with Crippen LogP contribution in [0.4, 0.5) is 0 Å².